The molecule has 2 atom stereocenters. The second-order valence-electron chi connectivity index (χ2n) is 10.7. The Morgan fingerprint density at radius 2 is 1.66 bits per heavy atom. The van der Waals surface area contributed by atoms with Crippen molar-refractivity contribution < 1.29 is 24.2 Å². The molecule has 2 fully saturated rings. The summed E-state index contributed by atoms with van der Waals surface area (Å²) in [5, 5.41) is 12.6. The van der Waals surface area contributed by atoms with Crippen molar-refractivity contribution in [1.82, 2.24) is 10.2 Å². The lowest BCUT2D eigenvalue weighted by molar-refractivity contribution is -0.151. The Morgan fingerprint density at radius 1 is 1.06 bits per heavy atom. The first-order valence-electron chi connectivity index (χ1n) is 12.4. The van der Waals surface area contributed by atoms with Gasteiger partial charge >= 0.3 is 12.1 Å². The Morgan fingerprint density at radius 3 is 2.23 bits per heavy atom. The Balaban J connectivity index is 1.22. The zero-order valence-electron chi connectivity index (χ0n) is 20.2. The van der Waals surface area contributed by atoms with Gasteiger partial charge in [0.2, 0.25) is 5.91 Å². The summed E-state index contributed by atoms with van der Waals surface area (Å²) in [5.41, 5.74) is 4.15. The molecule has 1 aliphatic heterocycles. The third-order valence-electron chi connectivity index (χ3n) is 7.84. The number of nitrogens with one attached hydrogen (secondary N) is 1. The number of carbonyl (C=O) groups excluding carboxylic acids is 2. The number of aliphatic carboxylic acids is 1. The lowest BCUT2D eigenvalue weighted by atomic mass is 9.85. The molecule has 184 valence electrons. The standard InChI is InChI=1S/C28H32N2O5/c1-28(2)13-14-30(25(28)26(32)33)24(31)15-23(17-11-12-17)29-27(34)35-16-22-20-9-5-3-7-18(20)19-8-4-6-10-21(19)22/h3-10,17,22-23,25H,11-16H2,1-2H3,(H,29,34)(H,32,33). The molecule has 35 heavy (non-hydrogen) atoms. The molecule has 2 aromatic rings. The third kappa shape index (κ3) is 4.51. The maximum atomic E-state index is 13.1. The normalized spacial score (nSPS) is 21.2. The summed E-state index contributed by atoms with van der Waals surface area (Å²) >= 11 is 0. The van der Waals surface area contributed by atoms with Crippen LogP contribution < -0.4 is 5.32 Å². The highest BCUT2D eigenvalue weighted by molar-refractivity contribution is 5.86. The summed E-state index contributed by atoms with van der Waals surface area (Å²) in [7, 11) is 0. The molecule has 5 rings (SSSR count). The zero-order chi connectivity index (χ0) is 24.7. The minimum absolute atomic E-state index is 0.0303. The van der Waals surface area contributed by atoms with Crippen molar-refractivity contribution in [2.24, 2.45) is 11.3 Å². The lowest BCUT2D eigenvalue weighted by Crippen LogP contribution is -2.48. The Hall–Kier alpha value is -3.35. The van der Waals surface area contributed by atoms with Crippen molar-refractivity contribution in [3.05, 3.63) is 59.7 Å². The largest absolute Gasteiger partial charge is 0.480 e. The van der Waals surface area contributed by atoms with E-state index < -0.39 is 23.5 Å². The number of likely N-dealkylation sites (tertiary alicyclic amines) is 1. The van der Waals surface area contributed by atoms with Gasteiger partial charge in [0, 0.05) is 24.9 Å². The molecule has 0 aromatic heterocycles. The molecule has 7 heteroatoms. The Labute approximate surface area is 205 Å². The summed E-state index contributed by atoms with van der Waals surface area (Å²) in [4.78, 5) is 39.2. The van der Waals surface area contributed by atoms with Gasteiger partial charge in [0.05, 0.1) is 0 Å². The molecule has 2 aliphatic carbocycles. The molecule has 0 spiro atoms. The Kier molecular flexibility index (Phi) is 6.03. The average Bonchev–Trinajstić information content (AvgIpc) is 3.55. The fourth-order valence-electron chi connectivity index (χ4n) is 5.76. The van der Waals surface area contributed by atoms with Crippen LogP contribution in [0.5, 0.6) is 0 Å². The summed E-state index contributed by atoms with van der Waals surface area (Å²) in [6.07, 6.45) is 2.08. The molecular weight excluding hydrogens is 444 g/mol. The highest BCUT2D eigenvalue weighted by Gasteiger charge is 2.48. The van der Waals surface area contributed by atoms with Gasteiger partial charge in [-0.15, -0.1) is 0 Å². The van der Waals surface area contributed by atoms with E-state index in [0.29, 0.717) is 13.0 Å². The van der Waals surface area contributed by atoms with Crippen LogP contribution in [-0.2, 0) is 14.3 Å². The quantitative estimate of drug-likeness (QED) is 0.617. The smallest absolute Gasteiger partial charge is 0.407 e. The van der Waals surface area contributed by atoms with Crippen molar-refractivity contribution in [3.63, 3.8) is 0 Å². The molecule has 2 aromatic carbocycles. The van der Waals surface area contributed by atoms with Gasteiger partial charge < -0.3 is 20.1 Å². The van der Waals surface area contributed by atoms with Gasteiger partial charge in [0.15, 0.2) is 0 Å². The van der Waals surface area contributed by atoms with E-state index in [4.69, 9.17) is 4.74 Å². The van der Waals surface area contributed by atoms with E-state index in [1.807, 2.05) is 38.1 Å². The van der Waals surface area contributed by atoms with Crippen LogP contribution in [0.25, 0.3) is 11.1 Å². The van der Waals surface area contributed by atoms with E-state index in [0.717, 1.165) is 24.0 Å². The molecule has 0 radical (unpaired) electrons. The summed E-state index contributed by atoms with van der Waals surface area (Å²) in [5.74, 6) is -1.01. The van der Waals surface area contributed by atoms with Crippen molar-refractivity contribution in [1.29, 1.82) is 0 Å². The summed E-state index contributed by atoms with van der Waals surface area (Å²) < 4.78 is 5.68. The molecule has 2 amide bonds. The number of amides is 2. The molecule has 2 unspecified atom stereocenters. The SMILES string of the molecule is CC1(C)CCN(C(=O)CC(NC(=O)OCC2c3ccccc3-c3ccccc32)C2CC2)C1C(=O)O. The Bertz CT molecular complexity index is 1110. The maximum Gasteiger partial charge on any atom is 0.407 e. The molecule has 7 nitrogen and oxygen atoms in total. The number of nitrogens with zero attached hydrogens (tertiary/aromatic N) is 1. The third-order valence-corrected chi connectivity index (χ3v) is 7.84. The second kappa shape index (κ2) is 9.02. The number of carboxylic acid groups (broad SMARTS) is 1. The van der Waals surface area contributed by atoms with Gasteiger partial charge in [-0.05, 0) is 52.8 Å². The number of ether oxygens (including phenoxy) is 1. The van der Waals surface area contributed by atoms with Crippen LogP contribution in [-0.4, -0.2) is 53.2 Å². The monoisotopic (exact) mass is 476 g/mol. The molecule has 1 heterocycles. The molecule has 1 saturated carbocycles. The van der Waals surface area contributed by atoms with E-state index in [1.165, 1.54) is 16.0 Å². The second-order valence-corrected chi connectivity index (χ2v) is 10.7. The van der Waals surface area contributed by atoms with Crippen molar-refractivity contribution in [2.75, 3.05) is 13.2 Å². The minimum atomic E-state index is -0.978. The van der Waals surface area contributed by atoms with Crippen LogP contribution in [0.15, 0.2) is 48.5 Å². The predicted octanol–water partition coefficient (Wildman–Crippen LogP) is 4.41. The van der Waals surface area contributed by atoms with E-state index >= 15 is 0 Å². The van der Waals surface area contributed by atoms with E-state index in [2.05, 4.69) is 29.6 Å². The first-order chi connectivity index (χ1) is 16.8. The summed E-state index contributed by atoms with van der Waals surface area (Å²) in [6.45, 7) is 4.40. The highest BCUT2D eigenvalue weighted by Crippen LogP contribution is 2.44. The van der Waals surface area contributed by atoms with Crippen molar-refractivity contribution in [3.8, 4) is 11.1 Å². The van der Waals surface area contributed by atoms with Gasteiger partial charge in [-0.25, -0.2) is 9.59 Å². The van der Waals surface area contributed by atoms with Gasteiger partial charge in [-0.1, -0.05) is 62.4 Å². The number of fused-ring (bicyclic) bond motifs is 3. The minimum Gasteiger partial charge on any atom is -0.480 e. The number of hydrogen-bond acceptors (Lipinski definition) is 4. The van der Waals surface area contributed by atoms with Crippen LogP contribution in [0.2, 0.25) is 0 Å². The van der Waals surface area contributed by atoms with Crippen LogP contribution in [0, 0.1) is 11.3 Å². The van der Waals surface area contributed by atoms with Gasteiger partial charge in [0.1, 0.15) is 12.6 Å². The van der Waals surface area contributed by atoms with Gasteiger partial charge in [-0.2, -0.15) is 0 Å². The number of carbonyl (C=O) groups is 3. The zero-order valence-corrected chi connectivity index (χ0v) is 20.2. The van der Waals surface area contributed by atoms with Crippen molar-refractivity contribution in [2.45, 2.75) is 57.5 Å². The van der Waals surface area contributed by atoms with Crippen LogP contribution in [0.4, 0.5) is 4.79 Å². The van der Waals surface area contributed by atoms with Crippen LogP contribution >= 0.6 is 0 Å². The summed E-state index contributed by atoms with van der Waals surface area (Å²) in [6, 6.07) is 15.2. The number of rotatable bonds is 7. The number of carboxylic acids is 1. The predicted molar refractivity (Wildman–Crippen MR) is 131 cm³/mol. The molecule has 0 bridgehead atoms. The van der Waals surface area contributed by atoms with Crippen LogP contribution in [0.3, 0.4) is 0 Å². The fourth-order valence-corrected chi connectivity index (χ4v) is 5.76. The molecule has 3 aliphatic rings. The number of benzene rings is 2. The first kappa shape index (κ1) is 23.4. The molecular formula is C28H32N2O5. The number of alkyl carbamates (subject to hydrolysis) is 1. The molecule has 2 N–H and O–H groups in total. The van der Waals surface area contributed by atoms with E-state index in [-0.39, 0.29) is 36.8 Å². The van der Waals surface area contributed by atoms with Gasteiger partial charge in [-0.3, -0.25) is 4.79 Å². The highest BCUT2D eigenvalue weighted by atomic mass is 16.5. The van der Waals surface area contributed by atoms with Crippen molar-refractivity contribution >= 4 is 18.0 Å². The van der Waals surface area contributed by atoms with E-state index in [9.17, 15) is 19.5 Å². The van der Waals surface area contributed by atoms with E-state index in [1.54, 1.807) is 0 Å². The van der Waals surface area contributed by atoms with Gasteiger partial charge in [0.25, 0.3) is 0 Å². The fraction of sp³-hybridized carbons (Fsp3) is 0.464. The molecule has 1 saturated heterocycles. The number of hydrogen-bond donors (Lipinski definition) is 2. The maximum absolute atomic E-state index is 13.1. The topological polar surface area (TPSA) is 95.9 Å². The lowest BCUT2D eigenvalue weighted by Gasteiger charge is -2.30. The average molecular weight is 477 g/mol. The first-order valence-corrected chi connectivity index (χ1v) is 12.4. The van der Waals surface area contributed by atoms with Crippen LogP contribution in [0.1, 0.15) is 56.6 Å².